The van der Waals surface area contributed by atoms with Crippen LogP contribution in [0.5, 0.6) is 0 Å². The number of esters is 1. The van der Waals surface area contributed by atoms with Crippen molar-refractivity contribution in [2.45, 2.75) is 38.9 Å². The fraction of sp³-hybridized carbons (Fsp3) is 0.538. The minimum absolute atomic E-state index is 0.338. The quantitative estimate of drug-likeness (QED) is 0.604. The lowest BCUT2D eigenvalue weighted by Crippen LogP contribution is -2.41. The van der Waals surface area contributed by atoms with Gasteiger partial charge in [-0.1, -0.05) is 0 Å². The van der Waals surface area contributed by atoms with E-state index in [4.69, 9.17) is 9.31 Å². The lowest BCUT2D eigenvalue weighted by Gasteiger charge is -2.32. The van der Waals surface area contributed by atoms with Gasteiger partial charge in [-0.25, -0.2) is 14.2 Å². The van der Waals surface area contributed by atoms with Crippen LogP contribution >= 0.6 is 0 Å². The molecule has 1 aliphatic rings. The van der Waals surface area contributed by atoms with Crippen molar-refractivity contribution in [2.75, 3.05) is 7.11 Å². The number of pyridine rings is 1. The van der Waals surface area contributed by atoms with Gasteiger partial charge in [-0.2, -0.15) is 0 Å². The third-order valence-electron chi connectivity index (χ3n) is 3.74. The van der Waals surface area contributed by atoms with Crippen LogP contribution in [-0.2, 0) is 14.0 Å². The van der Waals surface area contributed by atoms with Gasteiger partial charge < -0.3 is 14.0 Å². The summed E-state index contributed by atoms with van der Waals surface area (Å²) in [5.74, 6) is -1.57. The molecule has 0 spiro atoms. The smallest absolute Gasteiger partial charge is 0.464 e. The van der Waals surface area contributed by atoms with Crippen LogP contribution in [0.25, 0.3) is 0 Å². The highest BCUT2D eigenvalue weighted by Gasteiger charge is 2.52. The average Bonchev–Trinajstić information content (AvgIpc) is 2.58. The normalized spacial score (nSPS) is 20.0. The van der Waals surface area contributed by atoms with Crippen molar-refractivity contribution in [3.8, 4) is 0 Å². The molecule has 0 bridgehead atoms. The molecule has 108 valence electrons. The van der Waals surface area contributed by atoms with Crippen LogP contribution in [0.15, 0.2) is 12.1 Å². The van der Waals surface area contributed by atoms with E-state index in [1.54, 1.807) is 0 Å². The molecule has 1 fully saturated rings. The van der Waals surface area contributed by atoms with Crippen LogP contribution in [0.1, 0.15) is 38.2 Å². The molecule has 0 atom stereocenters. The third kappa shape index (κ3) is 2.43. The molecule has 5 nitrogen and oxygen atoms in total. The Bertz CT molecular complexity index is 531. The Labute approximate surface area is 117 Å². The zero-order valence-electron chi connectivity index (χ0n) is 12.2. The Morgan fingerprint density at radius 1 is 1.25 bits per heavy atom. The summed E-state index contributed by atoms with van der Waals surface area (Å²) in [7, 11) is 0.425. The molecule has 1 aliphatic heterocycles. The van der Waals surface area contributed by atoms with Crippen LogP contribution in [0.2, 0.25) is 0 Å². The minimum atomic E-state index is -0.833. The maximum Gasteiger partial charge on any atom is 0.514 e. The van der Waals surface area contributed by atoms with Crippen molar-refractivity contribution in [1.82, 2.24) is 4.98 Å². The first-order valence-corrected chi connectivity index (χ1v) is 6.28. The average molecular weight is 281 g/mol. The van der Waals surface area contributed by atoms with E-state index in [1.165, 1.54) is 13.2 Å². The number of hydrogen-bond acceptors (Lipinski definition) is 5. The second-order valence-electron chi connectivity index (χ2n) is 5.65. The van der Waals surface area contributed by atoms with E-state index in [-0.39, 0.29) is 5.69 Å². The first-order valence-electron chi connectivity index (χ1n) is 6.28. The predicted octanol–water partition coefficient (Wildman–Crippen LogP) is 1.31. The van der Waals surface area contributed by atoms with Crippen LogP contribution in [0.3, 0.4) is 0 Å². The Morgan fingerprint density at radius 3 is 2.30 bits per heavy atom. The molecule has 1 aromatic heterocycles. The standard InChI is InChI=1S/C13H17BFNO4/c1-12(2)13(3,4)20-14(19-12)9-7-6-8(15)10(16-9)11(17)18-5/h6-7H,1-5H3. The zero-order valence-corrected chi connectivity index (χ0v) is 12.2. The van der Waals surface area contributed by atoms with E-state index in [2.05, 4.69) is 9.72 Å². The van der Waals surface area contributed by atoms with Gasteiger partial charge in [0.25, 0.3) is 0 Å². The number of halogens is 1. The highest BCUT2D eigenvalue weighted by Crippen LogP contribution is 2.36. The van der Waals surface area contributed by atoms with Crippen molar-refractivity contribution >= 4 is 18.7 Å². The van der Waals surface area contributed by atoms with Crippen LogP contribution < -0.4 is 5.59 Å². The van der Waals surface area contributed by atoms with E-state index in [1.807, 2.05) is 27.7 Å². The zero-order chi connectivity index (χ0) is 15.1. The van der Waals surface area contributed by atoms with Crippen molar-refractivity contribution in [1.29, 1.82) is 0 Å². The van der Waals surface area contributed by atoms with Crippen LogP contribution in [0.4, 0.5) is 4.39 Å². The molecule has 0 aliphatic carbocycles. The molecule has 1 saturated heterocycles. The van der Waals surface area contributed by atoms with Crippen molar-refractivity contribution < 1.29 is 23.2 Å². The SMILES string of the molecule is COC(=O)c1nc(B2OC(C)(C)C(C)(C)O2)ccc1F. The van der Waals surface area contributed by atoms with Crippen molar-refractivity contribution in [3.63, 3.8) is 0 Å². The minimum Gasteiger partial charge on any atom is -0.464 e. The molecular formula is C13H17BFNO4. The molecule has 7 heteroatoms. The van der Waals surface area contributed by atoms with Gasteiger partial charge in [0.1, 0.15) is 0 Å². The highest BCUT2D eigenvalue weighted by atomic mass is 19.1. The molecule has 0 N–H and O–H groups in total. The van der Waals surface area contributed by atoms with Gasteiger partial charge in [-0.05, 0) is 39.8 Å². The first-order chi connectivity index (χ1) is 9.18. The molecule has 20 heavy (non-hydrogen) atoms. The van der Waals surface area contributed by atoms with E-state index in [9.17, 15) is 9.18 Å². The number of methoxy groups -OCH3 is 1. The van der Waals surface area contributed by atoms with Gasteiger partial charge in [0.05, 0.1) is 23.9 Å². The Kier molecular flexibility index (Phi) is 3.60. The van der Waals surface area contributed by atoms with Gasteiger partial charge in [0, 0.05) is 0 Å². The fourth-order valence-electron chi connectivity index (χ4n) is 1.79. The first kappa shape index (κ1) is 14.9. The predicted molar refractivity (Wildman–Crippen MR) is 71.3 cm³/mol. The monoisotopic (exact) mass is 281 g/mol. The summed E-state index contributed by atoms with van der Waals surface area (Å²) in [4.78, 5) is 15.4. The fourth-order valence-corrected chi connectivity index (χ4v) is 1.79. The number of nitrogens with zero attached hydrogens (tertiary/aromatic N) is 1. The summed E-state index contributed by atoms with van der Waals surface area (Å²) >= 11 is 0. The lowest BCUT2D eigenvalue weighted by atomic mass is 9.84. The van der Waals surface area contributed by atoms with Gasteiger partial charge in [0.2, 0.25) is 0 Å². The molecule has 0 amide bonds. The number of carbonyl (C=O) groups excluding carboxylic acids is 1. The maximum atomic E-state index is 13.6. The molecule has 0 aromatic carbocycles. The molecule has 2 heterocycles. The second-order valence-corrected chi connectivity index (χ2v) is 5.65. The van der Waals surface area contributed by atoms with Crippen LogP contribution in [0, 0.1) is 5.82 Å². The molecular weight excluding hydrogens is 264 g/mol. The summed E-state index contributed by atoms with van der Waals surface area (Å²) in [6, 6.07) is 2.59. The lowest BCUT2D eigenvalue weighted by molar-refractivity contribution is 0.00578. The van der Waals surface area contributed by atoms with Crippen molar-refractivity contribution in [2.24, 2.45) is 0 Å². The number of ether oxygens (including phenoxy) is 1. The van der Waals surface area contributed by atoms with E-state index >= 15 is 0 Å². The van der Waals surface area contributed by atoms with Gasteiger partial charge >= 0.3 is 13.1 Å². The summed E-state index contributed by atoms with van der Waals surface area (Å²) in [5.41, 5.74) is -1.09. The Morgan fingerprint density at radius 2 is 1.80 bits per heavy atom. The number of aromatic nitrogens is 1. The van der Waals surface area contributed by atoms with Crippen LogP contribution in [-0.4, -0.2) is 36.4 Å². The van der Waals surface area contributed by atoms with Gasteiger partial charge in [-0.15, -0.1) is 0 Å². The Balaban J connectivity index is 2.34. The summed E-state index contributed by atoms with van der Waals surface area (Å²) < 4.78 is 29.6. The number of carbonyl (C=O) groups is 1. The molecule has 1 aromatic rings. The van der Waals surface area contributed by atoms with E-state index in [0.717, 1.165) is 6.07 Å². The number of rotatable bonds is 2. The number of hydrogen-bond donors (Lipinski definition) is 0. The summed E-state index contributed by atoms with van der Waals surface area (Å²) in [6.45, 7) is 7.60. The van der Waals surface area contributed by atoms with Gasteiger partial charge in [-0.3, -0.25) is 0 Å². The molecule has 0 unspecified atom stereocenters. The molecule has 0 radical (unpaired) electrons. The van der Waals surface area contributed by atoms with Crippen molar-refractivity contribution in [3.05, 3.63) is 23.6 Å². The topological polar surface area (TPSA) is 57.7 Å². The second kappa shape index (κ2) is 4.82. The molecule has 2 rings (SSSR count). The van der Waals surface area contributed by atoms with Gasteiger partial charge in [0.15, 0.2) is 11.5 Å². The van der Waals surface area contributed by atoms with E-state index in [0.29, 0.717) is 5.59 Å². The maximum absolute atomic E-state index is 13.6. The summed E-state index contributed by atoms with van der Waals surface area (Å²) in [5, 5.41) is 0. The summed E-state index contributed by atoms with van der Waals surface area (Å²) in [6.07, 6.45) is 0. The Hall–Kier alpha value is -1.47. The highest BCUT2D eigenvalue weighted by molar-refractivity contribution is 6.61. The molecule has 0 saturated carbocycles. The largest absolute Gasteiger partial charge is 0.514 e. The van der Waals surface area contributed by atoms with E-state index < -0.39 is 30.1 Å². The third-order valence-corrected chi connectivity index (χ3v) is 3.74.